The van der Waals surface area contributed by atoms with Gasteiger partial charge in [-0.1, -0.05) is 30.3 Å². The van der Waals surface area contributed by atoms with Crippen molar-refractivity contribution >= 4 is 15.9 Å². The molecule has 1 atom stereocenters. The summed E-state index contributed by atoms with van der Waals surface area (Å²) in [6.07, 6.45) is 1.64. The monoisotopic (exact) mass is 295 g/mol. The molecule has 1 aromatic carbocycles. The Labute approximate surface area is 109 Å². The highest BCUT2D eigenvalue weighted by atomic mass is 79.9. The van der Waals surface area contributed by atoms with Crippen molar-refractivity contribution in [3.63, 3.8) is 0 Å². The molecule has 0 bridgehead atoms. The molecule has 0 amide bonds. The number of nitrogens with one attached hydrogen (secondary N) is 1. The molecule has 0 saturated carbocycles. The first-order valence-corrected chi connectivity index (χ1v) is 6.21. The van der Waals surface area contributed by atoms with Crippen LogP contribution in [0.25, 0.3) is 0 Å². The molecule has 0 aliphatic carbocycles. The van der Waals surface area contributed by atoms with Crippen LogP contribution in [0, 0.1) is 0 Å². The molecule has 1 heterocycles. The van der Waals surface area contributed by atoms with Crippen LogP contribution in [-0.2, 0) is 6.54 Å². The van der Waals surface area contributed by atoms with Crippen molar-refractivity contribution in [3.05, 3.63) is 58.5 Å². The lowest BCUT2D eigenvalue weighted by atomic mass is 10.1. The molecule has 2 aromatic rings. The number of halogens is 1. The Morgan fingerprint density at radius 2 is 2.00 bits per heavy atom. The van der Waals surface area contributed by atoms with Gasteiger partial charge in [0.25, 0.3) is 0 Å². The van der Waals surface area contributed by atoms with Gasteiger partial charge in [0, 0.05) is 0 Å². The smallest absolute Gasteiger partial charge is 0.131 e. The highest BCUT2D eigenvalue weighted by molar-refractivity contribution is 9.10. The zero-order chi connectivity index (χ0) is 12.1. The van der Waals surface area contributed by atoms with Crippen molar-refractivity contribution in [1.82, 2.24) is 5.32 Å². The first kappa shape index (κ1) is 12.4. The van der Waals surface area contributed by atoms with Crippen molar-refractivity contribution in [1.29, 1.82) is 0 Å². The zero-order valence-electron chi connectivity index (χ0n) is 9.27. The zero-order valence-corrected chi connectivity index (χ0v) is 10.9. The van der Waals surface area contributed by atoms with Crippen LogP contribution in [0.5, 0.6) is 0 Å². The van der Waals surface area contributed by atoms with E-state index in [9.17, 15) is 5.11 Å². The van der Waals surface area contributed by atoms with Crippen molar-refractivity contribution in [2.45, 2.75) is 12.6 Å². The van der Waals surface area contributed by atoms with Gasteiger partial charge >= 0.3 is 0 Å². The van der Waals surface area contributed by atoms with Gasteiger partial charge in [0.05, 0.1) is 29.9 Å². The lowest BCUT2D eigenvalue weighted by molar-refractivity contribution is 0.241. The molecule has 2 N–H and O–H groups in total. The van der Waals surface area contributed by atoms with Crippen LogP contribution in [-0.4, -0.2) is 11.7 Å². The highest BCUT2D eigenvalue weighted by Gasteiger charge is 2.11. The van der Waals surface area contributed by atoms with E-state index in [1.165, 1.54) is 0 Å². The third kappa shape index (κ3) is 3.19. The molecule has 0 aliphatic heterocycles. The SMILES string of the molecule is OC[C@H](NCc1occc1Br)c1ccccc1. The number of hydrogen-bond acceptors (Lipinski definition) is 3. The van der Waals surface area contributed by atoms with E-state index < -0.39 is 0 Å². The fourth-order valence-electron chi connectivity index (χ4n) is 1.64. The second kappa shape index (κ2) is 6.00. The average Bonchev–Trinajstić information content (AvgIpc) is 2.77. The fraction of sp³-hybridized carbons (Fsp3) is 0.231. The Hall–Kier alpha value is -1.10. The van der Waals surface area contributed by atoms with Crippen LogP contribution >= 0.6 is 15.9 Å². The summed E-state index contributed by atoms with van der Waals surface area (Å²) in [5.41, 5.74) is 1.07. The Kier molecular flexibility index (Phi) is 4.36. The quantitative estimate of drug-likeness (QED) is 0.892. The molecule has 17 heavy (non-hydrogen) atoms. The van der Waals surface area contributed by atoms with Gasteiger partial charge in [0.2, 0.25) is 0 Å². The lowest BCUT2D eigenvalue weighted by Gasteiger charge is -2.15. The molecule has 0 fully saturated rings. The maximum Gasteiger partial charge on any atom is 0.131 e. The molecule has 2 rings (SSSR count). The van der Waals surface area contributed by atoms with Gasteiger partial charge in [-0.05, 0) is 27.6 Å². The largest absolute Gasteiger partial charge is 0.467 e. The van der Waals surface area contributed by atoms with E-state index >= 15 is 0 Å². The summed E-state index contributed by atoms with van der Waals surface area (Å²) in [6.45, 7) is 0.635. The average molecular weight is 296 g/mol. The van der Waals surface area contributed by atoms with Gasteiger partial charge in [-0.15, -0.1) is 0 Å². The molecule has 3 nitrogen and oxygen atoms in total. The summed E-state index contributed by atoms with van der Waals surface area (Å²) in [6, 6.07) is 11.6. The molecular weight excluding hydrogens is 282 g/mol. The summed E-state index contributed by atoms with van der Waals surface area (Å²) in [4.78, 5) is 0. The first-order valence-electron chi connectivity index (χ1n) is 5.42. The van der Waals surface area contributed by atoms with E-state index in [4.69, 9.17) is 4.42 Å². The predicted octanol–water partition coefficient (Wildman–Crippen LogP) is 2.87. The van der Waals surface area contributed by atoms with E-state index in [-0.39, 0.29) is 12.6 Å². The molecule has 0 saturated heterocycles. The van der Waals surface area contributed by atoms with E-state index in [0.717, 1.165) is 15.8 Å². The summed E-state index contributed by atoms with van der Waals surface area (Å²) in [5, 5.41) is 12.6. The van der Waals surface area contributed by atoms with Crippen molar-refractivity contribution in [3.8, 4) is 0 Å². The van der Waals surface area contributed by atoms with Gasteiger partial charge in [0.1, 0.15) is 5.76 Å². The number of aliphatic hydroxyl groups is 1. The summed E-state index contributed by atoms with van der Waals surface area (Å²) in [7, 11) is 0. The van der Waals surface area contributed by atoms with Crippen LogP contribution in [0.15, 0.2) is 51.6 Å². The fourth-order valence-corrected chi connectivity index (χ4v) is 1.98. The molecule has 0 aliphatic rings. The van der Waals surface area contributed by atoms with Crippen LogP contribution in [0.3, 0.4) is 0 Å². The molecule has 4 heteroatoms. The number of rotatable bonds is 5. The molecular formula is C13H14BrNO2. The standard InChI is InChI=1S/C13H14BrNO2/c14-11-6-7-17-13(11)8-15-12(9-16)10-4-2-1-3-5-10/h1-7,12,15-16H,8-9H2/t12-/m0/s1. The second-order valence-corrected chi connectivity index (χ2v) is 4.57. The van der Waals surface area contributed by atoms with E-state index in [1.54, 1.807) is 6.26 Å². The first-order chi connectivity index (χ1) is 8.31. The summed E-state index contributed by atoms with van der Waals surface area (Å²) in [5.74, 6) is 0.833. The predicted molar refractivity (Wildman–Crippen MR) is 69.5 cm³/mol. The van der Waals surface area contributed by atoms with Crippen LogP contribution in [0.1, 0.15) is 17.4 Å². The number of aliphatic hydroxyl groups excluding tert-OH is 1. The Morgan fingerprint density at radius 3 is 2.59 bits per heavy atom. The molecule has 0 unspecified atom stereocenters. The Bertz CT molecular complexity index is 455. The molecule has 0 radical (unpaired) electrons. The van der Waals surface area contributed by atoms with E-state index in [0.29, 0.717) is 6.54 Å². The third-order valence-corrected chi connectivity index (χ3v) is 3.29. The summed E-state index contributed by atoms with van der Waals surface area (Å²) < 4.78 is 6.24. The van der Waals surface area contributed by atoms with Gasteiger partial charge in [0.15, 0.2) is 0 Å². The second-order valence-electron chi connectivity index (χ2n) is 3.72. The maximum absolute atomic E-state index is 9.37. The lowest BCUT2D eigenvalue weighted by Crippen LogP contribution is -2.23. The van der Waals surface area contributed by atoms with Crippen molar-refractivity contribution in [2.75, 3.05) is 6.61 Å². The van der Waals surface area contributed by atoms with Gasteiger partial charge in [-0.2, -0.15) is 0 Å². The molecule has 1 aromatic heterocycles. The topological polar surface area (TPSA) is 45.4 Å². The van der Waals surface area contributed by atoms with Crippen molar-refractivity contribution in [2.24, 2.45) is 0 Å². The molecule has 90 valence electrons. The van der Waals surface area contributed by atoms with E-state index in [1.807, 2.05) is 36.4 Å². The number of hydrogen-bond donors (Lipinski definition) is 2. The Morgan fingerprint density at radius 1 is 1.24 bits per heavy atom. The number of benzene rings is 1. The third-order valence-electron chi connectivity index (χ3n) is 2.58. The van der Waals surface area contributed by atoms with E-state index in [2.05, 4.69) is 21.2 Å². The summed E-state index contributed by atoms with van der Waals surface area (Å²) >= 11 is 3.40. The normalized spacial score (nSPS) is 12.6. The molecule has 0 spiro atoms. The van der Waals surface area contributed by atoms with Gasteiger partial charge in [-0.25, -0.2) is 0 Å². The van der Waals surface area contributed by atoms with Crippen LogP contribution < -0.4 is 5.32 Å². The minimum Gasteiger partial charge on any atom is -0.467 e. The highest BCUT2D eigenvalue weighted by Crippen LogP contribution is 2.19. The van der Waals surface area contributed by atoms with Gasteiger partial charge < -0.3 is 14.8 Å². The van der Waals surface area contributed by atoms with Gasteiger partial charge in [-0.3, -0.25) is 0 Å². The Balaban J connectivity index is 1.99. The number of furan rings is 1. The van der Waals surface area contributed by atoms with Crippen LogP contribution in [0.4, 0.5) is 0 Å². The minimum atomic E-state index is -0.0757. The minimum absolute atomic E-state index is 0.0579. The maximum atomic E-state index is 9.37. The van der Waals surface area contributed by atoms with Crippen molar-refractivity contribution < 1.29 is 9.52 Å². The van der Waals surface area contributed by atoms with Crippen LogP contribution in [0.2, 0.25) is 0 Å².